The number of hydrogen-bond donors (Lipinski definition) is 3. The van der Waals surface area contributed by atoms with Crippen LogP contribution in [-0.2, 0) is 16.6 Å². The highest BCUT2D eigenvalue weighted by molar-refractivity contribution is 5.85. The maximum Gasteiger partial charge on any atom is 0.336 e. The van der Waals surface area contributed by atoms with Gasteiger partial charge >= 0.3 is 5.97 Å². The van der Waals surface area contributed by atoms with Crippen molar-refractivity contribution in [3.05, 3.63) is 47.6 Å². The summed E-state index contributed by atoms with van der Waals surface area (Å²) >= 11 is 0. The van der Waals surface area contributed by atoms with Crippen LogP contribution >= 0.6 is 0 Å². The Balaban J connectivity index is 1.55. The Morgan fingerprint density at radius 2 is 2.12 bits per heavy atom. The Hall–Kier alpha value is -2.15. The van der Waals surface area contributed by atoms with Gasteiger partial charge < -0.3 is 25.0 Å². The summed E-state index contributed by atoms with van der Waals surface area (Å²) in [6.07, 6.45) is 11.4. The van der Waals surface area contributed by atoms with E-state index in [0.29, 0.717) is 43.1 Å². The van der Waals surface area contributed by atoms with Gasteiger partial charge in [0.2, 0.25) is 0 Å². The van der Waals surface area contributed by atoms with E-state index in [0.717, 1.165) is 17.7 Å². The molecule has 6 nitrogen and oxygen atoms in total. The summed E-state index contributed by atoms with van der Waals surface area (Å²) in [4.78, 5) is 12.4. The molecule has 1 heterocycles. The SMILES string of the molecule is C/C=C/C=C/C(=O)Oc1ccc2c3c1OC1C(O)CCC(O)(C(NCC4CCC4)C2)C31CC. The van der Waals surface area contributed by atoms with E-state index in [-0.39, 0.29) is 6.04 Å². The lowest BCUT2D eigenvalue weighted by Crippen LogP contribution is -2.73. The van der Waals surface area contributed by atoms with Crippen LogP contribution in [-0.4, -0.2) is 46.6 Å². The van der Waals surface area contributed by atoms with E-state index in [2.05, 4.69) is 12.2 Å². The molecular weight excluding hydrogens is 418 g/mol. The molecule has 0 saturated heterocycles. The fourth-order valence-corrected chi connectivity index (χ4v) is 6.64. The van der Waals surface area contributed by atoms with Crippen LogP contribution in [0, 0.1) is 5.92 Å². The smallest absolute Gasteiger partial charge is 0.336 e. The number of allylic oxidation sites excluding steroid dienone is 3. The van der Waals surface area contributed by atoms with Gasteiger partial charge in [-0.2, -0.15) is 0 Å². The Kier molecular flexibility index (Phi) is 5.88. The minimum Gasteiger partial charge on any atom is -0.482 e. The molecule has 0 amide bonds. The number of benzene rings is 1. The Morgan fingerprint density at radius 1 is 1.30 bits per heavy atom. The third-order valence-corrected chi connectivity index (χ3v) is 8.51. The van der Waals surface area contributed by atoms with Crippen molar-refractivity contribution in [1.82, 2.24) is 5.32 Å². The predicted molar refractivity (Wildman–Crippen MR) is 125 cm³/mol. The summed E-state index contributed by atoms with van der Waals surface area (Å²) in [7, 11) is 0. The topological polar surface area (TPSA) is 88.0 Å². The molecule has 6 heteroatoms. The normalized spacial score (nSPS) is 34.8. The second-order valence-electron chi connectivity index (χ2n) is 10.1. The van der Waals surface area contributed by atoms with Gasteiger partial charge in [0.1, 0.15) is 6.10 Å². The van der Waals surface area contributed by atoms with Gasteiger partial charge in [0, 0.05) is 17.7 Å². The first-order valence-corrected chi connectivity index (χ1v) is 12.4. The molecule has 0 radical (unpaired) electrons. The van der Waals surface area contributed by atoms with E-state index >= 15 is 0 Å². The minimum atomic E-state index is -1.04. The molecule has 1 aliphatic heterocycles. The highest BCUT2D eigenvalue weighted by atomic mass is 16.6. The lowest BCUT2D eigenvalue weighted by molar-refractivity contribution is -0.167. The van der Waals surface area contributed by atoms with E-state index in [4.69, 9.17) is 9.47 Å². The van der Waals surface area contributed by atoms with Crippen molar-refractivity contribution in [1.29, 1.82) is 0 Å². The molecule has 2 fully saturated rings. The molecule has 5 atom stereocenters. The van der Waals surface area contributed by atoms with Gasteiger partial charge in [-0.1, -0.05) is 37.6 Å². The number of nitrogens with one attached hydrogen (secondary N) is 1. The van der Waals surface area contributed by atoms with E-state index in [1.165, 1.54) is 25.3 Å². The maximum atomic E-state index is 12.4. The molecule has 5 unspecified atom stereocenters. The molecule has 0 spiro atoms. The molecule has 178 valence electrons. The van der Waals surface area contributed by atoms with Gasteiger partial charge in [-0.15, -0.1) is 0 Å². The van der Waals surface area contributed by atoms with Crippen LogP contribution in [0.2, 0.25) is 0 Å². The van der Waals surface area contributed by atoms with Crippen LogP contribution in [0.3, 0.4) is 0 Å². The van der Waals surface area contributed by atoms with Crippen LogP contribution < -0.4 is 14.8 Å². The van der Waals surface area contributed by atoms with Gasteiger partial charge in [-0.3, -0.25) is 0 Å². The zero-order valence-corrected chi connectivity index (χ0v) is 19.5. The van der Waals surface area contributed by atoms with Gasteiger partial charge in [0.05, 0.1) is 17.1 Å². The Morgan fingerprint density at radius 3 is 2.82 bits per heavy atom. The Labute approximate surface area is 195 Å². The second-order valence-corrected chi connectivity index (χ2v) is 10.1. The van der Waals surface area contributed by atoms with Gasteiger partial charge in [0.15, 0.2) is 11.5 Å². The van der Waals surface area contributed by atoms with Crippen molar-refractivity contribution in [3.63, 3.8) is 0 Å². The number of aliphatic hydroxyl groups excluding tert-OH is 1. The number of rotatable bonds is 7. The third-order valence-electron chi connectivity index (χ3n) is 8.51. The molecule has 33 heavy (non-hydrogen) atoms. The highest BCUT2D eigenvalue weighted by Crippen LogP contribution is 2.63. The second kappa shape index (κ2) is 8.57. The Bertz CT molecular complexity index is 983. The van der Waals surface area contributed by atoms with Crippen molar-refractivity contribution in [2.24, 2.45) is 5.92 Å². The first-order valence-electron chi connectivity index (χ1n) is 12.4. The molecule has 1 aromatic carbocycles. The lowest BCUT2D eigenvalue weighted by atomic mass is 9.50. The van der Waals surface area contributed by atoms with Gasteiger partial charge in [0.25, 0.3) is 0 Å². The molecule has 4 aliphatic rings. The quantitative estimate of drug-likeness (QED) is 0.254. The molecule has 5 rings (SSSR count). The molecule has 3 aliphatic carbocycles. The largest absolute Gasteiger partial charge is 0.482 e. The summed E-state index contributed by atoms with van der Waals surface area (Å²) in [5, 5.41) is 27.0. The minimum absolute atomic E-state index is 0.104. The van der Waals surface area contributed by atoms with E-state index < -0.39 is 29.2 Å². The number of aliphatic hydroxyl groups is 2. The monoisotopic (exact) mass is 453 g/mol. The summed E-state index contributed by atoms with van der Waals surface area (Å²) in [6.45, 7) is 4.85. The van der Waals surface area contributed by atoms with Crippen molar-refractivity contribution < 1.29 is 24.5 Å². The first-order chi connectivity index (χ1) is 15.9. The summed E-state index contributed by atoms with van der Waals surface area (Å²) in [6, 6.07) is 3.68. The number of carbonyl (C=O) groups is 1. The zero-order valence-electron chi connectivity index (χ0n) is 19.5. The van der Waals surface area contributed by atoms with Crippen LogP contribution in [0.25, 0.3) is 0 Å². The number of hydrogen-bond acceptors (Lipinski definition) is 6. The van der Waals surface area contributed by atoms with Crippen molar-refractivity contribution in [2.75, 3.05) is 6.54 Å². The fraction of sp³-hybridized carbons (Fsp3) is 0.593. The van der Waals surface area contributed by atoms with Gasteiger partial charge in [-0.25, -0.2) is 4.79 Å². The molecule has 1 aromatic rings. The van der Waals surface area contributed by atoms with E-state index in [1.807, 2.05) is 19.1 Å². The summed E-state index contributed by atoms with van der Waals surface area (Å²) in [5.74, 6) is 1.05. The molecule has 3 N–H and O–H groups in total. The van der Waals surface area contributed by atoms with Crippen LogP contribution in [0.5, 0.6) is 11.5 Å². The van der Waals surface area contributed by atoms with Crippen LogP contribution in [0.4, 0.5) is 0 Å². The predicted octanol–water partition coefficient (Wildman–Crippen LogP) is 3.33. The lowest BCUT2D eigenvalue weighted by Gasteiger charge is -2.58. The average molecular weight is 454 g/mol. The fourth-order valence-electron chi connectivity index (χ4n) is 6.64. The number of esters is 1. The van der Waals surface area contributed by atoms with Crippen molar-refractivity contribution in [3.8, 4) is 11.5 Å². The maximum absolute atomic E-state index is 12.4. The average Bonchev–Trinajstić information content (AvgIpc) is 3.14. The highest BCUT2D eigenvalue weighted by Gasteiger charge is 2.70. The van der Waals surface area contributed by atoms with Crippen LogP contribution in [0.15, 0.2) is 36.4 Å². The molecule has 2 saturated carbocycles. The van der Waals surface area contributed by atoms with Gasteiger partial charge in [-0.05, 0) is 69.5 Å². The standard InChI is InChI=1S/C27H35NO5/c1-3-5-6-10-22(30)32-20-12-11-18-15-21(28-16-17-8-7-9-17)27(31)14-13-19(29)25-26(27,4-2)23(18)24(20)33-25/h3,5-6,10-12,17,19,21,25,28-29,31H,4,7-9,13-16H2,1-2H3/b5-3+,10-6+. The zero-order chi connectivity index (χ0) is 23.2. The first kappa shape index (κ1) is 22.6. The van der Waals surface area contributed by atoms with Crippen molar-refractivity contribution >= 4 is 5.97 Å². The summed E-state index contributed by atoms with van der Waals surface area (Å²) in [5.41, 5.74) is 0.236. The van der Waals surface area contributed by atoms with Crippen LogP contribution in [0.1, 0.15) is 63.5 Å². The molecule has 0 aromatic heterocycles. The molecular formula is C27H35NO5. The summed E-state index contributed by atoms with van der Waals surface area (Å²) < 4.78 is 12.0. The number of ether oxygens (including phenoxy) is 2. The third kappa shape index (κ3) is 3.37. The molecule has 0 bridgehead atoms. The number of carbonyl (C=O) groups excluding carboxylic acids is 1. The van der Waals surface area contributed by atoms with E-state index in [1.54, 1.807) is 18.2 Å². The van der Waals surface area contributed by atoms with E-state index in [9.17, 15) is 15.0 Å². The van der Waals surface area contributed by atoms with Crippen molar-refractivity contribution in [2.45, 2.75) is 88.1 Å².